The molecule has 2 rings (SSSR count). The first-order chi connectivity index (χ1) is 6.81. The van der Waals surface area contributed by atoms with E-state index in [1.807, 2.05) is 19.2 Å². The van der Waals surface area contributed by atoms with Crippen LogP contribution in [0.3, 0.4) is 0 Å². The largest absolute Gasteiger partial charge is 0.331 e. The van der Waals surface area contributed by atoms with Gasteiger partial charge in [0.1, 0.15) is 11.4 Å². The van der Waals surface area contributed by atoms with E-state index in [-0.39, 0.29) is 0 Å². The van der Waals surface area contributed by atoms with Crippen molar-refractivity contribution in [3.63, 3.8) is 0 Å². The average Bonchev–Trinajstić information content (AvgIpc) is 2.65. The fourth-order valence-electron chi connectivity index (χ4n) is 1.21. The van der Waals surface area contributed by atoms with Crippen LogP contribution in [0.1, 0.15) is 10.4 Å². The molecule has 0 spiro atoms. The van der Waals surface area contributed by atoms with Gasteiger partial charge in [-0.05, 0) is 12.1 Å². The summed E-state index contributed by atoms with van der Waals surface area (Å²) in [4.78, 5) is 10.4. The summed E-state index contributed by atoms with van der Waals surface area (Å²) in [5.41, 5.74) is 1.58. The van der Waals surface area contributed by atoms with Gasteiger partial charge in [-0.2, -0.15) is 4.68 Å². The van der Waals surface area contributed by atoms with Gasteiger partial charge in [0.05, 0.1) is 12.6 Å². The zero-order valence-electron chi connectivity index (χ0n) is 7.64. The monoisotopic (exact) mass is 189 g/mol. The Morgan fingerprint density at radius 1 is 1.36 bits per heavy atom. The van der Waals surface area contributed by atoms with E-state index >= 15 is 0 Å². The minimum absolute atomic E-state index is 0.653. The molecule has 0 aliphatic heterocycles. The van der Waals surface area contributed by atoms with E-state index in [0.29, 0.717) is 5.56 Å². The Labute approximate surface area is 80.4 Å². The molecule has 1 heterocycles. The normalized spacial score (nSPS) is 10.1. The smallest absolute Gasteiger partial charge is 0.298 e. The van der Waals surface area contributed by atoms with Crippen LogP contribution in [0.25, 0.3) is 11.4 Å². The van der Waals surface area contributed by atoms with Crippen LogP contribution < -0.4 is 4.68 Å². The molecule has 0 amide bonds. The Balaban J connectivity index is 2.43. The number of hydrogen-bond acceptors (Lipinski definition) is 3. The molecule has 14 heavy (non-hydrogen) atoms. The summed E-state index contributed by atoms with van der Waals surface area (Å²) in [5, 5.41) is 10.3. The Kier molecular flexibility index (Phi) is 2.06. The van der Waals surface area contributed by atoms with E-state index < -0.39 is 0 Å². The van der Waals surface area contributed by atoms with Crippen molar-refractivity contribution in [1.82, 2.24) is 15.5 Å². The lowest BCUT2D eigenvalue weighted by Gasteiger charge is -1.93. The van der Waals surface area contributed by atoms with Crippen LogP contribution in [-0.2, 0) is 7.05 Å². The predicted octanol–water partition coefficient (Wildman–Crippen LogP) is 0.109. The molecule has 5 nitrogen and oxygen atoms in total. The maximum atomic E-state index is 10.4. The number of aryl methyl sites for hydroxylation is 1. The van der Waals surface area contributed by atoms with E-state index in [1.165, 1.54) is 0 Å². The summed E-state index contributed by atoms with van der Waals surface area (Å²) in [7, 11) is 1.82. The van der Waals surface area contributed by atoms with Gasteiger partial charge in [-0.25, -0.2) is 0 Å². The summed E-state index contributed by atoms with van der Waals surface area (Å²) in [5.74, 6) is 0.738. The highest BCUT2D eigenvalue weighted by molar-refractivity contribution is 5.75. The van der Waals surface area contributed by atoms with Crippen molar-refractivity contribution >= 4 is 6.29 Å². The highest BCUT2D eigenvalue weighted by Gasteiger charge is 2.12. The van der Waals surface area contributed by atoms with Gasteiger partial charge in [0.2, 0.25) is 0 Å². The van der Waals surface area contributed by atoms with Gasteiger partial charge in [-0.3, -0.25) is 4.79 Å². The fourth-order valence-corrected chi connectivity index (χ4v) is 1.21. The topological polar surface area (TPSA) is 62.5 Å². The van der Waals surface area contributed by atoms with Crippen LogP contribution in [0.5, 0.6) is 0 Å². The molecule has 0 aliphatic carbocycles. The van der Waals surface area contributed by atoms with Gasteiger partial charge in [-0.1, -0.05) is 17.3 Å². The Morgan fingerprint density at radius 3 is 2.57 bits per heavy atom. The fraction of sp³-hybridized carbons (Fsp3) is 0.111. The summed E-state index contributed by atoms with van der Waals surface area (Å²) in [6, 6.07) is 7.16. The number of aldehydes is 1. The summed E-state index contributed by atoms with van der Waals surface area (Å²) < 4.78 is 1.70. The molecule has 0 saturated heterocycles. The van der Waals surface area contributed by atoms with Crippen LogP contribution in [0.15, 0.2) is 24.3 Å². The SMILES string of the molecule is C[n+]1[nH]nnc1-c1ccc(C=O)cc1. The Bertz CT molecular complexity index is 446. The number of rotatable bonds is 2. The lowest BCUT2D eigenvalue weighted by atomic mass is 10.1. The molecule has 0 radical (unpaired) electrons. The van der Waals surface area contributed by atoms with E-state index in [2.05, 4.69) is 15.5 Å². The summed E-state index contributed by atoms with van der Waals surface area (Å²) in [6.45, 7) is 0. The molecule has 0 atom stereocenters. The molecule has 0 fully saturated rings. The zero-order valence-corrected chi connectivity index (χ0v) is 7.64. The van der Waals surface area contributed by atoms with Crippen LogP contribution >= 0.6 is 0 Å². The standard InChI is InChI=1S/C9H8N4O/c1-13-9(10-11-12-13)8-4-2-7(6-14)3-5-8/h2-6H,1H3/p+1. The first-order valence-corrected chi connectivity index (χ1v) is 4.14. The quantitative estimate of drug-likeness (QED) is 0.538. The maximum absolute atomic E-state index is 10.4. The first kappa shape index (κ1) is 8.55. The highest BCUT2D eigenvalue weighted by Crippen LogP contribution is 2.11. The molecule has 0 saturated carbocycles. The Morgan fingerprint density at radius 2 is 2.07 bits per heavy atom. The summed E-state index contributed by atoms with van der Waals surface area (Å²) in [6.07, 6.45) is 0.812. The molecule has 1 aromatic carbocycles. The second kappa shape index (κ2) is 3.37. The minimum Gasteiger partial charge on any atom is -0.298 e. The third-order valence-corrected chi connectivity index (χ3v) is 1.96. The molecule has 0 unspecified atom stereocenters. The van der Waals surface area contributed by atoms with Crippen molar-refractivity contribution in [1.29, 1.82) is 0 Å². The second-order valence-electron chi connectivity index (χ2n) is 2.92. The molecule has 70 valence electrons. The molecule has 2 aromatic rings. The van der Waals surface area contributed by atoms with Gasteiger partial charge in [0.15, 0.2) is 5.21 Å². The lowest BCUT2D eigenvalue weighted by Crippen LogP contribution is -2.32. The summed E-state index contributed by atoms with van der Waals surface area (Å²) >= 11 is 0. The van der Waals surface area contributed by atoms with Gasteiger partial charge in [0.25, 0.3) is 0 Å². The minimum atomic E-state index is 0.653. The Hall–Kier alpha value is -2.04. The molecular formula is C9H9N4O+. The number of aromatic nitrogens is 4. The second-order valence-corrected chi connectivity index (χ2v) is 2.92. The number of aromatic amines is 1. The number of nitrogens with zero attached hydrogens (tertiary/aromatic N) is 3. The van der Waals surface area contributed by atoms with Crippen molar-refractivity contribution in [2.24, 2.45) is 7.05 Å². The third-order valence-electron chi connectivity index (χ3n) is 1.96. The van der Waals surface area contributed by atoms with Gasteiger partial charge >= 0.3 is 5.82 Å². The van der Waals surface area contributed by atoms with E-state index in [4.69, 9.17) is 0 Å². The van der Waals surface area contributed by atoms with Gasteiger partial charge in [-0.15, -0.1) is 0 Å². The number of H-pyrrole nitrogens is 1. The molecule has 1 aromatic heterocycles. The first-order valence-electron chi connectivity index (χ1n) is 4.14. The van der Waals surface area contributed by atoms with Crippen LogP contribution in [-0.4, -0.2) is 21.8 Å². The van der Waals surface area contributed by atoms with Crippen molar-refractivity contribution in [3.05, 3.63) is 29.8 Å². The predicted molar refractivity (Wildman–Crippen MR) is 48.4 cm³/mol. The zero-order chi connectivity index (χ0) is 9.97. The van der Waals surface area contributed by atoms with Crippen LogP contribution in [0.2, 0.25) is 0 Å². The lowest BCUT2D eigenvalue weighted by molar-refractivity contribution is -0.721. The van der Waals surface area contributed by atoms with Gasteiger partial charge in [0, 0.05) is 5.56 Å². The highest BCUT2D eigenvalue weighted by atomic mass is 16.1. The van der Waals surface area contributed by atoms with Crippen molar-refractivity contribution in [2.45, 2.75) is 0 Å². The van der Waals surface area contributed by atoms with Crippen molar-refractivity contribution < 1.29 is 9.48 Å². The number of hydrogen-bond donors (Lipinski definition) is 1. The molecule has 1 N–H and O–H groups in total. The molecular weight excluding hydrogens is 180 g/mol. The van der Waals surface area contributed by atoms with Crippen LogP contribution in [0.4, 0.5) is 0 Å². The van der Waals surface area contributed by atoms with E-state index in [9.17, 15) is 4.79 Å². The average molecular weight is 189 g/mol. The van der Waals surface area contributed by atoms with Crippen LogP contribution in [0, 0.1) is 0 Å². The van der Waals surface area contributed by atoms with E-state index in [1.54, 1.807) is 16.8 Å². The number of nitrogens with one attached hydrogen (secondary N) is 1. The molecule has 5 heteroatoms. The number of carbonyl (C=O) groups excluding carboxylic acids is 1. The third kappa shape index (κ3) is 1.39. The number of carbonyl (C=O) groups is 1. The number of benzene rings is 1. The number of tetrazole rings is 1. The van der Waals surface area contributed by atoms with Crippen molar-refractivity contribution in [3.8, 4) is 11.4 Å². The molecule has 0 bridgehead atoms. The maximum Gasteiger partial charge on any atom is 0.331 e. The molecule has 0 aliphatic rings. The van der Waals surface area contributed by atoms with Crippen molar-refractivity contribution in [2.75, 3.05) is 0 Å². The van der Waals surface area contributed by atoms with E-state index in [0.717, 1.165) is 17.7 Å². The van der Waals surface area contributed by atoms with Gasteiger partial charge < -0.3 is 0 Å².